The molecular formula is C23H34N4S. The van der Waals surface area contributed by atoms with E-state index in [9.17, 15) is 0 Å². The highest BCUT2D eigenvalue weighted by Crippen LogP contribution is 2.45. The maximum Gasteiger partial charge on any atom is 0.0958 e. The monoisotopic (exact) mass is 398 g/mol. The molecule has 28 heavy (non-hydrogen) atoms. The number of nitrogens with one attached hydrogen (secondary N) is 1. The van der Waals surface area contributed by atoms with Crippen LogP contribution in [0.2, 0.25) is 0 Å². The first-order chi connectivity index (χ1) is 13.5. The summed E-state index contributed by atoms with van der Waals surface area (Å²) >= 11 is 5.66. The van der Waals surface area contributed by atoms with Crippen LogP contribution in [0, 0.1) is 6.92 Å². The molecule has 1 aromatic heterocycles. The van der Waals surface area contributed by atoms with Crippen LogP contribution in [0.1, 0.15) is 55.3 Å². The summed E-state index contributed by atoms with van der Waals surface area (Å²) in [5, 5.41) is 1.49. The van der Waals surface area contributed by atoms with Gasteiger partial charge in [-0.1, -0.05) is 31.3 Å². The number of rotatable bonds is 6. The van der Waals surface area contributed by atoms with Crippen molar-refractivity contribution in [2.24, 2.45) is 0 Å². The fourth-order valence-corrected chi connectivity index (χ4v) is 5.50. The Morgan fingerprint density at radius 2 is 2.14 bits per heavy atom. The van der Waals surface area contributed by atoms with E-state index in [1.807, 2.05) is 0 Å². The van der Waals surface area contributed by atoms with Crippen molar-refractivity contribution >= 4 is 28.1 Å². The average molecular weight is 399 g/mol. The van der Waals surface area contributed by atoms with Crippen LogP contribution < -0.4 is 5.43 Å². The maximum absolute atomic E-state index is 5.66. The molecule has 0 radical (unpaired) electrons. The fraction of sp³-hybridized carbons (Fsp3) is 0.609. The van der Waals surface area contributed by atoms with Crippen molar-refractivity contribution in [3.63, 3.8) is 0 Å². The van der Waals surface area contributed by atoms with Crippen LogP contribution in [0.3, 0.4) is 0 Å². The van der Waals surface area contributed by atoms with Crippen LogP contribution >= 0.6 is 12.2 Å². The van der Waals surface area contributed by atoms with Crippen molar-refractivity contribution in [1.82, 2.24) is 14.5 Å². The number of likely N-dealkylation sites (tertiary alicyclic amines) is 1. The van der Waals surface area contributed by atoms with E-state index in [1.165, 1.54) is 60.9 Å². The first kappa shape index (κ1) is 19.9. The van der Waals surface area contributed by atoms with Crippen molar-refractivity contribution in [1.29, 1.82) is 0 Å². The summed E-state index contributed by atoms with van der Waals surface area (Å²) in [6.45, 7) is 8.01. The van der Waals surface area contributed by atoms with Gasteiger partial charge in [0.1, 0.15) is 0 Å². The Bertz CT molecular complexity index is 867. The number of piperidine rings is 1. The summed E-state index contributed by atoms with van der Waals surface area (Å²) < 4.78 is 2.26. The molecule has 2 aliphatic rings. The topological polar surface area (TPSA) is 23.4 Å². The molecule has 1 N–H and O–H groups in total. The smallest absolute Gasteiger partial charge is 0.0958 e. The number of hydrogen-bond acceptors (Lipinski definition) is 3. The van der Waals surface area contributed by atoms with Gasteiger partial charge in [0.15, 0.2) is 0 Å². The number of hydrogen-bond donors (Lipinski definition) is 1. The van der Waals surface area contributed by atoms with E-state index >= 15 is 0 Å². The summed E-state index contributed by atoms with van der Waals surface area (Å²) in [5.74, 6) is 0.674. The van der Waals surface area contributed by atoms with Crippen LogP contribution in [0.4, 0.5) is 0 Å². The van der Waals surface area contributed by atoms with E-state index in [1.54, 1.807) is 5.56 Å². The second kappa shape index (κ2) is 8.13. The molecule has 2 heterocycles. The Hall–Kier alpha value is -1.43. The zero-order valence-corrected chi connectivity index (χ0v) is 18.6. The van der Waals surface area contributed by atoms with Crippen molar-refractivity contribution in [3.05, 3.63) is 35.0 Å². The van der Waals surface area contributed by atoms with E-state index in [-0.39, 0.29) is 0 Å². The van der Waals surface area contributed by atoms with Gasteiger partial charge >= 0.3 is 0 Å². The Morgan fingerprint density at radius 1 is 1.32 bits per heavy atom. The van der Waals surface area contributed by atoms with Gasteiger partial charge in [-0.3, -0.25) is 15.0 Å². The van der Waals surface area contributed by atoms with Gasteiger partial charge in [0.25, 0.3) is 0 Å². The van der Waals surface area contributed by atoms with E-state index in [0.29, 0.717) is 12.0 Å². The van der Waals surface area contributed by atoms with E-state index in [4.69, 9.17) is 12.2 Å². The molecule has 0 unspecified atom stereocenters. The summed E-state index contributed by atoms with van der Waals surface area (Å²) in [4.78, 5) is 5.84. The average Bonchev–Trinajstić information content (AvgIpc) is 2.94. The molecule has 0 amide bonds. The van der Waals surface area contributed by atoms with Gasteiger partial charge < -0.3 is 4.90 Å². The van der Waals surface area contributed by atoms with E-state index in [0.717, 1.165) is 18.0 Å². The highest BCUT2D eigenvalue weighted by Gasteiger charge is 2.38. The molecule has 4 nitrogen and oxygen atoms in total. The van der Waals surface area contributed by atoms with E-state index < -0.39 is 0 Å². The van der Waals surface area contributed by atoms with Crippen LogP contribution in [-0.2, 0) is 6.42 Å². The standard InChI is InChI=1S/C23H34N4S/c1-5-12-26-13-7-9-17-18-8-6-10-20-23(18)19(15-21(17)26)16(2)27(20)24-22(28)11-14-25(3)4/h6,8,10,17,21H,5,7,9,11-15H2,1-4H3,(H,24,28)/t17-,21-/m1/s1. The van der Waals surface area contributed by atoms with Gasteiger partial charge in [-0.25, -0.2) is 0 Å². The molecule has 2 atom stereocenters. The summed E-state index contributed by atoms with van der Waals surface area (Å²) in [5.41, 5.74) is 9.26. The van der Waals surface area contributed by atoms with Crippen LogP contribution in [-0.4, -0.2) is 59.2 Å². The molecule has 1 aliphatic carbocycles. The normalized spacial score (nSPS) is 21.9. The molecule has 2 aromatic rings. The van der Waals surface area contributed by atoms with Crippen molar-refractivity contribution in [3.8, 4) is 0 Å². The molecule has 152 valence electrons. The lowest BCUT2D eigenvalue weighted by molar-refractivity contribution is 0.124. The number of thiocarbonyl (C=S) groups is 1. The third kappa shape index (κ3) is 3.49. The van der Waals surface area contributed by atoms with Crippen molar-refractivity contribution < 1.29 is 0 Å². The first-order valence-electron chi connectivity index (χ1n) is 10.8. The van der Waals surface area contributed by atoms with Gasteiger partial charge in [0, 0.05) is 36.0 Å². The largest absolute Gasteiger partial charge is 0.309 e. The zero-order chi connectivity index (χ0) is 19.8. The minimum absolute atomic E-state index is 0.655. The van der Waals surface area contributed by atoms with Gasteiger partial charge in [0.2, 0.25) is 0 Å². The lowest BCUT2D eigenvalue weighted by Crippen LogP contribution is -2.47. The summed E-state index contributed by atoms with van der Waals surface area (Å²) in [6.07, 6.45) is 5.93. The Labute approximate surface area is 174 Å². The summed E-state index contributed by atoms with van der Waals surface area (Å²) in [6, 6.07) is 7.53. The highest BCUT2D eigenvalue weighted by atomic mass is 32.1. The zero-order valence-electron chi connectivity index (χ0n) is 17.8. The number of fused-ring (bicyclic) bond motifs is 2. The van der Waals surface area contributed by atoms with Gasteiger partial charge in [-0.15, -0.1) is 0 Å². The lowest BCUT2D eigenvalue weighted by atomic mass is 9.74. The Kier molecular flexibility index (Phi) is 5.77. The third-order valence-corrected chi connectivity index (χ3v) is 6.93. The van der Waals surface area contributed by atoms with E-state index in [2.05, 4.69) is 66.0 Å². The predicted octanol–water partition coefficient (Wildman–Crippen LogP) is 4.29. The molecule has 0 saturated carbocycles. The minimum atomic E-state index is 0.655. The molecule has 5 heteroatoms. The van der Waals surface area contributed by atoms with Crippen LogP contribution in [0.15, 0.2) is 18.2 Å². The van der Waals surface area contributed by atoms with Crippen LogP contribution in [0.5, 0.6) is 0 Å². The number of nitrogens with zero attached hydrogens (tertiary/aromatic N) is 3. The fourth-order valence-electron chi connectivity index (χ4n) is 5.31. The second-order valence-corrected chi connectivity index (χ2v) is 9.28. The Morgan fingerprint density at radius 3 is 2.89 bits per heavy atom. The van der Waals surface area contributed by atoms with Gasteiger partial charge in [-0.2, -0.15) is 0 Å². The van der Waals surface area contributed by atoms with Crippen molar-refractivity contribution in [2.75, 3.05) is 39.2 Å². The van der Waals surface area contributed by atoms with Crippen LogP contribution in [0.25, 0.3) is 10.9 Å². The number of aromatic nitrogens is 1. The quantitative estimate of drug-likeness (QED) is 0.734. The highest BCUT2D eigenvalue weighted by molar-refractivity contribution is 7.80. The molecule has 0 bridgehead atoms. The molecule has 0 spiro atoms. The molecule has 1 saturated heterocycles. The third-order valence-electron chi connectivity index (χ3n) is 6.63. The summed E-state index contributed by atoms with van der Waals surface area (Å²) in [7, 11) is 4.19. The Balaban J connectivity index is 1.71. The molecule has 1 aliphatic heterocycles. The molecular weight excluding hydrogens is 364 g/mol. The second-order valence-electron chi connectivity index (χ2n) is 8.79. The molecule has 1 fully saturated rings. The molecule has 1 aromatic carbocycles. The van der Waals surface area contributed by atoms with Crippen molar-refractivity contribution in [2.45, 2.75) is 57.9 Å². The van der Waals surface area contributed by atoms with Gasteiger partial charge in [-0.05, 0) is 77.0 Å². The predicted molar refractivity (Wildman–Crippen MR) is 123 cm³/mol. The lowest BCUT2D eigenvalue weighted by Gasteiger charge is -2.44. The SMILES string of the molecule is CCCN1CCC[C@@H]2c3cccc4c3c(c(C)n4NC(=S)CCN(C)C)C[C@H]21. The maximum atomic E-state index is 5.66. The molecule has 4 rings (SSSR count). The number of benzene rings is 1. The minimum Gasteiger partial charge on any atom is -0.309 e. The first-order valence-corrected chi connectivity index (χ1v) is 11.2. The van der Waals surface area contributed by atoms with Gasteiger partial charge in [0.05, 0.1) is 10.5 Å².